The number of piperidine rings is 2. The number of carbonyl (C=O) groups excluding carboxylic acids is 2. The van der Waals surface area contributed by atoms with Crippen molar-refractivity contribution < 1.29 is 34.8 Å². The van der Waals surface area contributed by atoms with E-state index in [9.17, 15) is 30.0 Å². The zero-order valence-electron chi connectivity index (χ0n) is 30.5. The van der Waals surface area contributed by atoms with E-state index < -0.39 is 24.2 Å². The smallest absolute Gasteiger partial charge is 0.150 e. The summed E-state index contributed by atoms with van der Waals surface area (Å²) < 4.78 is 5.63. The summed E-state index contributed by atoms with van der Waals surface area (Å²) in [6.45, 7) is 1.91. The van der Waals surface area contributed by atoms with Crippen LogP contribution in [0.3, 0.4) is 0 Å². The maximum atomic E-state index is 13.6. The van der Waals surface area contributed by atoms with Crippen LogP contribution in [-0.4, -0.2) is 95.4 Å². The fraction of sp³-hybridized carbons (Fsp3) is 0.900. The Bertz CT molecular complexity index is 1140. The van der Waals surface area contributed by atoms with E-state index in [-0.39, 0.29) is 48.5 Å². The Morgan fingerprint density at radius 3 is 2.50 bits per heavy atom. The average molecular weight is 702 g/mol. The predicted molar refractivity (Wildman–Crippen MR) is 192 cm³/mol. The van der Waals surface area contributed by atoms with Crippen molar-refractivity contribution in [3.63, 3.8) is 0 Å². The lowest BCUT2D eigenvalue weighted by Gasteiger charge is -2.42. The molecule has 0 bridgehead atoms. The van der Waals surface area contributed by atoms with Crippen LogP contribution in [0.25, 0.3) is 0 Å². The average Bonchev–Trinajstić information content (AvgIpc) is 3.16. The van der Waals surface area contributed by atoms with Crippen molar-refractivity contribution in [1.29, 1.82) is 0 Å². The summed E-state index contributed by atoms with van der Waals surface area (Å²) in [5, 5.41) is 50.2. The summed E-state index contributed by atoms with van der Waals surface area (Å²) in [7, 11) is 1.63. The van der Waals surface area contributed by atoms with Crippen LogP contribution in [-0.2, 0) is 14.3 Å². The van der Waals surface area contributed by atoms with Gasteiger partial charge in [-0.05, 0) is 138 Å². The Morgan fingerprint density at radius 1 is 0.920 bits per heavy atom. The molecule has 5 aliphatic rings. The molecule has 50 heavy (non-hydrogen) atoms. The molecule has 0 aromatic carbocycles. The van der Waals surface area contributed by atoms with Crippen molar-refractivity contribution in [3.8, 4) is 11.8 Å². The van der Waals surface area contributed by atoms with Crippen LogP contribution in [0.2, 0.25) is 0 Å². The SMILES string of the molecule is COC1CC2CCC(=O)[C@@H]([C@H](O)CCC[C@H](CCO)[C@H]3CN[C@@H]4CC(=O)CC[C@H]4C3)C#C[C@@H](CC[C@H](O)CCC3CCNC(N)C3)C2CC1O. The van der Waals surface area contributed by atoms with E-state index in [4.69, 9.17) is 10.5 Å². The second kappa shape index (κ2) is 19.6. The number of ketones is 2. The van der Waals surface area contributed by atoms with Gasteiger partial charge in [0.25, 0.3) is 0 Å². The molecule has 2 saturated carbocycles. The van der Waals surface area contributed by atoms with Crippen molar-refractivity contribution in [1.82, 2.24) is 10.6 Å². The summed E-state index contributed by atoms with van der Waals surface area (Å²) in [6.07, 6.45) is 11.3. The Labute approximate surface area is 300 Å². The van der Waals surface area contributed by atoms with Gasteiger partial charge in [0.15, 0.2) is 0 Å². The van der Waals surface area contributed by atoms with Crippen LogP contribution in [0, 0.1) is 59.2 Å². The highest BCUT2D eigenvalue weighted by atomic mass is 16.5. The minimum absolute atomic E-state index is 0.00835. The number of nitrogens with two attached hydrogens (primary N) is 1. The minimum Gasteiger partial charge on any atom is -0.396 e. The van der Waals surface area contributed by atoms with E-state index in [0.717, 1.165) is 70.9 Å². The zero-order chi connectivity index (χ0) is 35.6. The van der Waals surface area contributed by atoms with E-state index in [0.29, 0.717) is 87.2 Å². The van der Waals surface area contributed by atoms with Crippen molar-refractivity contribution in [2.24, 2.45) is 53.1 Å². The van der Waals surface area contributed by atoms with Crippen LogP contribution < -0.4 is 16.4 Å². The summed E-state index contributed by atoms with van der Waals surface area (Å²) >= 11 is 0. The normalized spacial score (nSPS) is 38.3. The van der Waals surface area contributed by atoms with E-state index >= 15 is 0 Å². The molecule has 6 unspecified atom stereocenters. The van der Waals surface area contributed by atoms with Gasteiger partial charge in [0.05, 0.1) is 30.6 Å². The predicted octanol–water partition coefficient (Wildman–Crippen LogP) is 3.07. The van der Waals surface area contributed by atoms with Gasteiger partial charge in [-0.2, -0.15) is 0 Å². The van der Waals surface area contributed by atoms with Crippen LogP contribution in [0.4, 0.5) is 0 Å². The molecule has 3 aliphatic carbocycles. The summed E-state index contributed by atoms with van der Waals surface area (Å²) in [5.74, 6) is 8.32. The number of ether oxygens (including phenoxy) is 1. The van der Waals surface area contributed by atoms with Gasteiger partial charge in [-0.25, -0.2) is 0 Å². The van der Waals surface area contributed by atoms with Gasteiger partial charge in [-0.3, -0.25) is 9.59 Å². The number of Topliss-reactive ketones (excluding diaryl/α,β-unsaturated/α-hetero) is 2. The molecule has 0 amide bonds. The summed E-state index contributed by atoms with van der Waals surface area (Å²) in [4.78, 5) is 25.6. The molecule has 0 aromatic rings. The number of hydrogen-bond donors (Lipinski definition) is 7. The number of aliphatic hydroxyl groups is 4. The fourth-order valence-corrected chi connectivity index (χ4v) is 10.3. The van der Waals surface area contributed by atoms with E-state index in [1.807, 2.05) is 0 Å². The molecule has 2 aliphatic heterocycles. The number of hydrogen-bond acceptors (Lipinski definition) is 10. The quantitative estimate of drug-likeness (QED) is 0.126. The molecule has 2 saturated heterocycles. The standard InChI is InChI=1S/C40H67N3O7/c1-50-39-21-28-9-14-37(48)33(36(47)4-2-3-26(16-18-44)30-20-29-7-12-32(46)22-35(29)43-24-30)13-8-27(34(28)23-38(39)49)6-11-31(45)10-5-25-15-17-42-40(41)19-25/h25-31,33-36,38-40,42-45,47,49H,2-7,9-12,14-24,41H2,1H3/t25?,26-,27-,28?,29+,30-,31-,33-,34?,35-,36-,38?,39?,40?/m1/s1. The Balaban J connectivity index is 1.19. The molecule has 0 spiro atoms. The zero-order valence-corrected chi connectivity index (χ0v) is 30.5. The second-order valence-electron chi connectivity index (χ2n) is 16.7. The molecule has 0 aromatic heterocycles. The van der Waals surface area contributed by atoms with Gasteiger partial charge >= 0.3 is 0 Å². The van der Waals surface area contributed by atoms with Crippen molar-refractivity contribution >= 4 is 11.6 Å². The lowest BCUT2D eigenvalue weighted by Crippen LogP contribution is -2.50. The highest BCUT2D eigenvalue weighted by Crippen LogP contribution is 2.42. The van der Waals surface area contributed by atoms with Gasteiger partial charge in [0.1, 0.15) is 17.5 Å². The molecule has 5 rings (SSSR count). The number of methoxy groups -OCH3 is 1. The third kappa shape index (κ3) is 11.1. The van der Waals surface area contributed by atoms with Gasteiger partial charge in [-0.1, -0.05) is 18.3 Å². The molecule has 2 heterocycles. The van der Waals surface area contributed by atoms with Crippen LogP contribution in [0.15, 0.2) is 0 Å². The molecule has 14 atom stereocenters. The maximum Gasteiger partial charge on any atom is 0.150 e. The van der Waals surface area contributed by atoms with Crippen LogP contribution in [0.5, 0.6) is 0 Å². The van der Waals surface area contributed by atoms with Crippen molar-refractivity contribution in [3.05, 3.63) is 0 Å². The monoisotopic (exact) mass is 701 g/mol. The Hall–Kier alpha value is -1.42. The van der Waals surface area contributed by atoms with E-state index in [2.05, 4.69) is 22.5 Å². The molecule has 4 fully saturated rings. The Morgan fingerprint density at radius 2 is 1.72 bits per heavy atom. The van der Waals surface area contributed by atoms with E-state index in [1.165, 1.54) is 0 Å². The van der Waals surface area contributed by atoms with Gasteiger partial charge in [0, 0.05) is 44.9 Å². The highest BCUT2D eigenvalue weighted by Gasteiger charge is 2.42. The first-order chi connectivity index (χ1) is 24.1. The van der Waals surface area contributed by atoms with Crippen molar-refractivity contribution in [2.75, 3.05) is 26.8 Å². The lowest BCUT2D eigenvalue weighted by molar-refractivity contribution is -0.125. The topological polar surface area (TPSA) is 174 Å². The molecule has 10 nitrogen and oxygen atoms in total. The number of fused-ring (bicyclic) bond motifs is 2. The first-order valence-corrected chi connectivity index (χ1v) is 20.1. The number of aliphatic hydroxyl groups excluding tert-OH is 4. The fourth-order valence-electron chi connectivity index (χ4n) is 10.3. The molecule has 284 valence electrons. The minimum atomic E-state index is -0.858. The highest BCUT2D eigenvalue weighted by molar-refractivity contribution is 5.84. The molecule has 10 heteroatoms. The largest absolute Gasteiger partial charge is 0.396 e. The molecular weight excluding hydrogens is 634 g/mol. The van der Waals surface area contributed by atoms with Crippen LogP contribution in [0.1, 0.15) is 116 Å². The Kier molecular flexibility index (Phi) is 15.6. The molecule has 0 radical (unpaired) electrons. The summed E-state index contributed by atoms with van der Waals surface area (Å²) in [5.41, 5.74) is 6.09. The van der Waals surface area contributed by atoms with Gasteiger partial charge in [0.2, 0.25) is 0 Å². The second-order valence-corrected chi connectivity index (χ2v) is 16.7. The maximum absolute atomic E-state index is 13.6. The summed E-state index contributed by atoms with van der Waals surface area (Å²) in [6, 6.07) is 0.287. The first kappa shape index (κ1) is 39.8. The number of nitrogens with one attached hydrogen (secondary N) is 2. The molecule has 8 N–H and O–H groups in total. The lowest BCUT2D eigenvalue weighted by atomic mass is 9.68. The number of rotatable bonds is 15. The van der Waals surface area contributed by atoms with Gasteiger partial charge < -0.3 is 41.5 Å². The third-order valence-corrected chi connectivity index (χ3v) is 13.4. The third-order valence-electron chi connectivity index (χ3n) is 13.4. The van der Waals surface area contributed by atoms with Gasteiger partial charge in [-0.15, -0.1) is 0 Å². The van der Waals surface area contributed by atoms with E-state index in [1.54, 1.807) is 7.11 Å². The van der Waals surface area contributed by atoms with Crippen LogP contribution >= 0.6 is 0 Å². The van der Waals surface area contributed by atoms with Crippen molar-refractivity contribution in [2.45, 2.75) is 152 Å². The number of carbonyl (C=O) groups is 2. The molecular formula is C40H67N3O7. The first-order valence-electron chi connectivity index (χ1n) is 20.1.